The number of hydrogen-bond donors (Lipinski definition) is 3. The highest BCUT2D eigenvalue weighted by Crippen LogP contribution is 2.24. The van der Waals surface area contributed by atoms with E-state index in [0.717, 1.165) is 0 Å². The van der Waals surface area contributed by atoms with Crippen LogP contribution in [0.4, 0.5) is 13.6 Å². The summed E-state index contributed by atoms with van der Waals surface area (Å²) in [4.78, 5) is 11.6. The van der Waals surface area contributed by atoms with E-state index in [2.05, 4.69) is 15.4 Å². The summed E-state index contributed by atoms with van der Waals surface area (Å²) < 4.78 is 29.0. The van der Waals surface area contributed by atoms with Crippen molar-refractivity contribution in [1.82, 2.24) is 10.6 Å². The van der Waals surface area contributed by atoms with E-state index in [0.29, 0.717) is 23.6 Å². The fraction of sp³-hybridized carbons (Fsp3) is 0.500. The second-order valence-corrected chi connectivity index (χ2v) is 5.25. The van der Waals surface area contributed by atoms with Gasteiger partial charge < -0.3 is 20.5 Å². The quantitative estimate of drug-likeness (QED) is 0.683. The lowest BCUT2D eigenvalue weighted by molar-refractivity contribution is -0.0504. The summed E-state index contributed by atoms with van der Waals surface area (Å²) in [5, 5.41) is 14.3. The molecule has 0 aromatic heterocycles. The Bertz CT molecular complexity index is 489. The van der Waals surface area contributed by atoms with Crippen LogP contribution in [0.5, 0.6) is 5.75 Å². The zero-order valence-electron chi connectivity index (χ0n) is 12.1. The zero-order valence-corrected chi connectivity index (χ0v) is 12.9. The number of alkyl halides is 2. The molecular formula is C14H19ClF2N2O3. The van der Waals surface area contributed by atoms with E-state index in [9.17, 15) is 13.6 Å². The number of carbonyl (C=O) groups is 1. The summed E-state index contributed by atoms with van der Waals surface area (Å²) in [6.45, 7) is -0.595. The van der Waals surface area contributed by atoms with Crippen LogP contribution >= 0.6 is 11.6 Å². The number of rotatable bonds is 8. The highest BCUT2D eigenvalue weighted by molar-refractivity contribution is 6.30. The van der Waals surface area contributed by atoms with Gasteiger partial charge in [-0.3, -0.25) is 0 Å². The molecular weight excluding hydrogens is 318 g/mol. The first-order valence-corrected chi connectivity index (χ1v) is 7.16. The molecule has 22 heavy (non-hydrogen) atoms. The van der Waals surface area contributed by atoms with Gasteiger partial charge in [0.1, 0.15) is 5.75 Å². The van der Waals surface area contributed by atoms with Crippen molar-refractivity contribution in [3.63, 3.8) is 0 Å². The lowest BCUT2D eigenvalue weighted by atomic mass is 10.1. The van der Waals surface area contributed by atoms with Crippen molar-refractivity contribution in [1.29, 1.82) is 0 Å². The molecule has 0 fully saturated rings. The molecule has 3 N–H and O–H groups in total. The van der Waals surface area contributed by atoms with Crippen LogP contribution in [-0.4, -0.2) is 30.9 Å². The van der Waals surface area contributed by atoms with Crippen LogP contribution in [0.25, 0.3) is 0 Å². The molecule has 0 saturated heterocycles. The van der Waals surface area contributed by atoms with Gasteiger partial charge in [0.2, 0.25) is 0 Å². The lowest BCUT2D eigenvalue weighted by Crippen LogP contribution is -2.37. The molecule has 1 aromatic carbocycles. The van der Waals surface area contributed by atoms with Gasteiger partial charge in [0.25, 0.3) is 0 Å². The number of carbonyl (C=O) groups excluding carboxylic acids is 1. The van der Waals surface area contributed by atoms with Gasteiger partial charge in [-0.15, -0.1) is 0 Å². The largest absolute Gasteiger partial charge is 0.434 e. The average Bonchev–Trinajstić information content (AvgIpc) is 2.45. The number of halogens is 3. The molecule has 1 unspecified atom stereocenters. The van der Waals surface area contributed by atoms with Gasteiger partial charge in [-0.1, -0.05) is 18.5 Å². The van der Waals surface area contributed by atoms with E-state index in [1.54, 1.807) is 0 Å². The molecule has 1 rings (SSSR count). The number of aliphatic hydroxyl groups excluding tert-OH is 1. The Hall–Kier alpha value is -1.60. The smallest absolute Gasteiger partial charge is 0.387 e. The van der Waals surface area contributed by atoms with Gasteiger partial charge in [-0.25, -0.2) is 4.79 Å². The van der Waals surface area contributed by atoms with Crippen LogP contribution in [-0.2, 0) is 6.54 Å². The van der Waals surface area contributed by atoms with E-state index in [4.69, 9.17) is 16.7 Å². The maximum Gasteiger partial charge on any atom is 0.387 e. The van der Waals surface area contributed by atoms with E-state index >= 15 is 0 Å². The van der Waals surface area contributed by atoms with Crippen molar-refractivity contribution in [3.05, 3.63) is 28.8 Å². The predicted octanol–water partition coefficient (Wildman–Crippen LogP) is 2.76. The molecule has 0 aliphatic rings. The maximum absolute atomic E-state index is 12.3. The van der Waals surface area contributed by atoms with Crippen molar-refractivity contribution in [2.24, 2.45) is 5.92 Å². The van der Waals surface area contributed by atoms with Crippen molar-refractivity contribution in [2.75, 3.05) is 13.2 Å². The lowest BCUT2D eigenvalue weighted by Gasteiger charge is -2.14. The molecule has 0 aliphatic carbocycles. The molecule has 2 amide bonds. The van der Waals surface area contributed by atoms with Crippen LogP contribution < -0.4 is 15.4 Å². The summed E-state index contributed by atoms with van der Waals surface area (Å²) in [5.74, 6) is 0.105. The van der Waals surface area contributed by atoms with Crippen LogP contribution in [0.3, 0.4) is 0 Å². The van der Waals surface area contributed by atoms with Gasteiger partial charge in [0, 0.05) is 30.3 Å². The molecule has 0 heterocycles. The number of nitrogens with one attached hydrogen (secondary N) is 2. The molecule has 5 nitrogen and oxygen atoms in total. The van der Waals surface area contributed by atoms with Crippen molar-refractivity contribution in [2.45, 2.75) is 26.5 Å². The van der Waals surface area contributed by atoms with Gasteiger partial charge in [-0.05, 0) is 30.5 Å². The highest BCUT2D eigenvalue weighted by atomic mass is 35.5. The highest BCUT2D eigenvalue weighted by Gasteiger charge is 2.11. The van der Waals surface area contributed by atoms with Gasteiger partial charge in [-0.2, -0.15) is 8.78 Å². The molecule has 1 atom stereocenters. The van der Waals surface area contributed by atoms with Crippen molar-refractivity contribution in [3.8, 4) is 5.75 Å². The third-order valence-electron chi connectivity index (χ3n) is 2.91. The second-order valence-electron chi connectivity index (χ2n) is 4.81. The molecule has 0 radical (unpaired) electrons. The molecule has 0 saturated carbocycles. The monoisotopic (exact) mass is 336 g/mol. The molecule has 1 aromatic rings. The molecule has 8 heteroatoms. The van der Waals surface area contributed by atoms with Gasteiger partial charge in [0.15, 0.2) is 0 Å². The first-order chi connectivity index (χ1) is 10.4. The zero-order chi connectivity index (χ0) is 16.5. The fourth-order valence-electron chi connectivity index (χ4n) is 1.72. The number of amides is 2. The van der Waals surface area contributed by atoms with Crippen LogP contribution in [0.1, 0.15) is 18.9 Å². The Kier molecular flexibility index (Phi) is 7.90. The Morgan fingerprint density at radius 3 is 2.77 bits per heavy atom. The minimum absolute atomic E-state index is 0.00281. The standard InChI is InChI=1S/C14H19ClF2N2O3/c1-9(4-5-20)7-18-14(21)19-8-10-6-11(15)2-3-12(10)22-13(16)17/h2-3,6,9,13,20H,4-5,7-8H2,1H3,(H2,18,19,21). The summed E-state index contributed by atoms with van der Waals surface area (Å²) in [5.41, 5.74) is 0.353. The summed E-state index contributed by atoms with van der Waals surface area (Å²) >= 11 is 5.81. The molecule has 124 valence electrons. The SMILES string of the molecule is CC(CCO)CNC(=O)NCc1cc(Cl)ccc1OC(F)F. The maximum atomic E-state index is 12.3. The number of benzene rings is 1. The van der Waals surface area contributed by atoms with Gasteiger partial charge in [0.05, 0.1) is 0 Å². The van der Waals surface area contributed by atoms with E-state index < -0.39 is 12.6 Å². The number of aliphatic hydroxyl groups is 1. The van der Waals surface area contributed by atoms with Crippen molar-refractivity contribution < 1.29 is 23.4 Å². The van der Waals surface area contributed by atoms with Crippen LogP contribution in [0, 0.1) is 5.92 Å². The first-order valence-electron chi connectivity index (χ1n) is 6.78. The predicted molar refractivity (Wildman–Crippen MR) is 79.2 cm³/mol. The summed E-state index contributed by atoms with van der Waals surface area (Å²) in [7, 11) is 0. The Labute approximate surface area is 132 Å². The summed E-state index contributed by atoms with van der Waals surface area (Å²) in [6.07, 6.45) is 0.584. The Morgan fingerprint density at radius 1 is 1.41 bits per heavy atom. The number of urea groups is 1. The van der Waals surface area contributed by atoms with E-state index in [1.807, 2.05) is 6.92 Å². The van der Waals surface area contributed by atoms with Crippen LogP contribution in [0.2, 0.25) is 5.02 Å². The van der Waals surface area contributed by atoms with Crippen LogP contribution in [0.15, 0.2) is 18.2 Å². The Morgan fingerprint density at radius 2 is 2.14 bits per heavy atom. The second kappa shape index (κ2) is 9.42. The third-order valence-corrected chi connectivity index (χ3v) is 3.15. The van der Waals surface area contributed by atoms with E-state index in [1.165, 1.54) is 18.2 Å². The summed E-state index contributed by atoms with van der Waals surface area (Å²) in [6, 6.07) is 3.77. The normalized spacial score (nSPS) is 12.1. The fourth-order valence-corrected chi connectivity index (χ4v) is 1.92. The molecule has 0 spiro atoms. The minimum Gasteiger partial charge on any atom is -0.434 e. The molecule has 0 aliphatic heterocycles. The topological polar surface area (TPSA) is 70.6 Å². The average molecular weight is 337 g/mol. The third kappa shape index (κ3) is 6.91. The Balaban J connectivity index is 2.52. The van der Waals surface area contributed by atoms with Gasteiger partial charge >= 0.3 is 12.6 Å². The minimum atomic E-state index is -2.95. The number of ether oxygens (including phenoxy) is 1. The van der Waals surface area contributed by atoms with E-state index in [-0.39, 0.29) is 24.8 Å². The molecule has 0 bridgehead atoms. The number of hydrogen-bond acceptors (Lipinski definition) is 3. The first kappa shape index (κ1) is 18.4. The van der Waals surface area contributed by atoms with Crippen molar-refractivity contribution >= 4 is 17.6 Å².